The third-order valence-electron chi connectivity index (χ3n) is 11.9. The number of nitrogens with one attached hydrogen (secondary N) is 8. The van der Waals surface area contributed by atoms with Crippen LogP contribution in [0.3, 0.4) is 0 Å². The molecule has 9 amide bonds. The van der Waals surface area contributed by atoms with Crippen molar-refractivity contribution in [1.29, 1.82) is 0 Å². The van der Waals surface area contributed by atoms with Gasteiger partial charge in [-0.2, -0.15) is 0 Å². The lowest BCUT2D eigenvalue weighted by Gasteiger charge is -2.31. The summed E-state index contributed by atoms with van der Waals surface area (Å²) in [5.41, 5.74) is 12.3. The van der Waals surface area contributed by atoms with E-state index in [1.165, 1.54) is 38.2 Å². The maximum absolute atomic E-state index is 14.6. The number of primary amides is 1. The molecule has 1 saturated heterocycles. The molecule has 73 heavy (non-hydrogen) atoms. The molecule has 1 aromatic heterocycles. The van der Waals surface area contributed by atoms with E-state index in [1.807, 2.05) is 13.8 Å². The van der Waals surface area contributed by atoms with Gasteiger partial charge in [0.1, 0.15) is 42.3 Å². The third kappa shape index (κ3) is 19.5. The zero-order valence-corrected chi connectivity index (χ0v) is 42.4. The maximum atomic E-state index is 14.6. The Labute approximate surface area is 423 Å². The molecule has 2 heterocycles. The Morgan fingerprint density at radius 1 is 0.685 bits per heavy atom. The zero-order chi connectivity index (χ0) is 54.7. The van der Waals surface area contributed by atoms with Crippen molar-refractivity contribution in [3.05, 3.63) is 54.1 Å². The predicted octanol–water partition coefficient (Wildman–Crippen LogP) is -2.87. The second kappa shape index (κ2) is 28.9. The van der Waals surface area contributed by atoms with Gasteiger partial charge in [0.05, 0.1) is 24.6 Å². The molecule has 0 saturated carbocycles. The van der Waals surface area contributed by atoms with Crippen LogP contribution in [-0.2, 0) is 60.8 Å². The highest BCUT2D eigenvalue weighted by Crippen LogP contribution is 2.21. The van der Waals surface area contributed by atoms with Crippen LogP contribution < -0.4 is 48.7 Å². The standard InChI is InChI=1S/C48H74N12O13/c1-24(2)18-31(49)41(65)54-32(15-16-37(50)63)42(66)53-26(5)40(64)58-38(27(6)61)46(70)56-34(21-30-22-51-23-52-30)43(67)57-35(20-29-12-9-8-10-13-29)47(71)60-17-11-14-36(60)45(69)55-33(19-25(3)4)44(68)59-39(28(7)62)48(72)73/h8-10,12-13,22-28,31-36,38-39,61-62H,11,14-21,49H2,1-7H3,(H2,50,63)(H,51,52)(H,53,66)(H,54,65)(H,55,69)(H,56,70)(H,57,67)(H,58,64)(H,59,68)(H,72,73)/t26-,27+,28+,31-,32-,33-,34-,35-,36-,38-,39-/m0/s1. The van der Waals surface area contributed by atoms with Gasteiger partial charge in [-0.05, 0) is 70.3 Å². The van der Waals surface area contributed by atoms with Crippen molar-refractivity contribution in [2.45, 2.75) is 166 Å². The van der Waals surface area contributed by atoms with Crippen molar-refractivity contribution in [3.8, 4) is 0 Å². The van der Waals surface area contributed by atoms with Gasteiger partial charge >= 0.3 is 5.97 Å². The highest BCUT2D eigenvalue weighted by Gasteiger charge is 2.41. The van der Waals surface area contributed by atoms with Crippen LogP contribution >= 0.6 is 0 Å². The van der Waals surface area contributed by atoms with Crippen LogP contribution in [0.2, 0.25) is 0 Å². The second-order valence-corrected chi connectivity index (χ2v) is 19.3. The minimum Gasteiger partial charge on any atom is -0.480 e. The van der Waals surface area contributed by atoms with Crippen LogP contribution in [0.4, 0.5) is 0 Å². The summed E-state index contributed by atoms with van der Waals surface area (Å²) in [4.78, 5) is 142. The fourth-order valence-electron chi connectivity index (χ4n) is 8.04. The van der Waals surface area contributed by atoms with Gasteiger partial charge in [0.2, 0.25) is 53.2 Å². The summed E-state index contributed by atoms with van der Waals surface area (Å²) < 4.78 is 0. The summed E-state index contributed by atoms with van der Waals surface area (Å²) in [5, 5.41) is 47.8. The number of carboxylic acids is 1. The van der Waals surface area contributed by atoms with Gasteiger partial charge in [-0.1, -0.05) is 58.0 Å². The summed E-state index contributed by atoms with van der Waals surface area (Å²) in [6.07, 6.45) is -0.210. The number of aliphatic hydroxyl groups excluding tert-OH is 2. The number of benzene rings is 1. The lowest BCUT2D eigenvalue weighted by molar-refractivity contribution is -0.145. The van der Waals surface area contributed by atoms with E-state index in [2.05, 4.69) is 47.2 Å². The number of aliphatic hydroxyl groups is 2. The Morgan fingerprint density at radius 2 is 1.26 bits per heavy atom. The number of rotatable bonds is 29. The highest BCUT2D eigenvalue weighted by atomic mass is 16.4. The first-order chi connectivity index (χ1) is 34.3. The molecule has 15 N–H and O–H groups in total. The second-order valence-electron chi connectivity index (χ2n) is 19.3. The van der Waals surface area contributed by atoms with Crippen molar-refractivity contribution in [2.75, 3.05) is 6.54 Å². The number of aromatic nitrogens is 2. The Hall–Kier alpha value is -6.99. The lowest BCUT2D eigenvalue weighted by Crippen LogP contribution is -2.62. The maximum Gasteiger partial charge on any atom is 0.328 e. The molecule has 11 atom stereocenters. The Bertz CT molecular complexity index is 2210. The summed E-state index contributed by atoms with van der Waals surface area (Å²) in [5.74, 6) is -9.00. The normalized spacial score (nSPS) is 17.5. The monoisotopic (exact) mass is 1030 g/mol. The van der Waals surface area contributed by atoms with Crippen LogP contribution in [0.25, 0.3) is 0 Å². The largest absolute Gasteiger partial charge is 0.480 e. The number of likely N-dealkylation sites (tertiary alicyclic amines) is 1. The van der Waals surface area contributed by atoms with Crippen molar-refractivity contribution >= 4 is 59.1 Å². The molecule has 0 spiro atoms. The van der Waals surface area contributed by atoms with Crippen molar-refractivity contribution in [2.24, 2.45) is 23.3 Å². The van der Waals surface area contributed by atoms with Crippen LogP contribution in [0.15, 0.2) is 42.9 Å². The number of nitrogens with two attached hydrogens (primary N) is 2. The quantitative estimate of drug-likeness (QED) is 0.0390. The molecule has 25 nitrogen and oxygen atoms in total. The molecule has 0 unspecified atom stereocenters. The van der Waals surface area contributed by atoms with Crippen molar-refractivity contribution < 1.29 is 63.3 Å². The molecule has 0 bridgehead atoms. The van der Waals surface area contributed by atoms with E-state index in [9.17, 15) is 63.3 Å². The molecular weight excluding hydrogens is 953 g/mol. The first-order valence-electron chi connectivity index (χ1n) is 24.4. The number of H-pyrrole nitrogens is 1. The van der Waals surface area contributed by atoms with Gasteiger partial charge < -0.3 is 73.9 Å². The molecular formula is C48H74N12O13. The fraction of sp³-hybridized carbons (Fsp3) is 0.604. The number of imidazole rings is 1. The Kier molecular flexibility index (Phi) is 23.9. The van der Waals surface area contributed by atoms with E-state index in [0.717, 1.165) is 0 Å². The SMILES string of the molecule is CC(C)C[C@H](NC(=O)[C@@H]1CCCN1C(=O)[C@H](Cc1ccccc1)NC(=O)[C@H](Cc1cnc[nH]1)NC(=O)[C@@H](NC(=O)[C@H](C)NC(=O)[C@H](CCC(N)=O)NC(=O)[C@@H](N)CC(C)C)[C@@H](C)O)C(=O)N[C@H](C(=O)O)[C@@H](C)O. The van der Waals surface area contributed by atoms with E-state index in [-0.39, 0.29) is 56.9 Å². The summed E-state index contributed by atoms with van der Waals surface area (Å²) in [7, 11) is 0. The van der Waals surface area contributed by atoms with Gasteiger partial charge in [0.15, 0.2) is 6.04 Å². The summed E-state index contributed by atoms with van der Waals surface area (Å²) in [6, 6.07) is -3.62. The van der Waals surface area contributed by atoms with Gasteiger partial charge in [-0.25, -0.2) is 9.78 Å². The number of amides is 9. The zero-order valence-electron chi connectivity index (χ0n) is 42.4. The smallest absolute Gasteiger partial charge is 0.328 e. The van der Waals surface area contributed by atoms with Gasteiger partial charge in [-0.15, -0.1) is 0 Å². The first kappa shape index (κ1) is 60.3. The van der Waals surface area contributed by atoms with Crippen LogP contribution in [-0.4, -0.2) is 162 Å². The topological polar surface area (TPSA) is 400 Å². The van der Waals surface area contributed by atoms with Gasteiger partial charge in [0, 0.05) is 37.7 Å². The number of aromatic amines is 1. The molecule has 1 fully saturated rings. The number of carboxylic acid groups (broad SMARTS) is 1. The molecule has 0 aliphatic carbocycles. The van der Waals surface area contributed by atoms with E-state index in [0.29, 0.717) is 24.1 Å². The first-order valence-corrected chi connectivity index (χ1v) is 24.4. The molecule has 25 heteroatoms. The molecule has 2 aromatic rings. The lowest BCUT2D eigenvalue weighted by atomic mass is 10.0. The van der Waals surface area contributed by atoms with Crippen LogP contribution in [0.5, 0.6) is 0 Å². The van der Waals surface area contributed by atoms with E-state index < -0.39 is 126 Å². The average molecular weight is 1030 g/mol. The molecule has 1 aliphatic heterocycles. The molecule has 0 radical (unpaired) electrons. The Balaban J connectivity index is 1.86. The third-order valence-corrected chi connectivity index (χ3v) is 11.9. The number of aliphatic carboxylic acids is 1. The molecule has 3 rings (SSSR count). The van der Waals surface area contributed by atoms with Crippen LogP contribution in [0, 0.1) is 11.8 Å². The number of carbonyl (C=O) groups is 10. The van der Waals surface area contributed by atoms with Crippen molar-refractivity contribution in [1.82, 2.24) is 52.1 Å². The predicted molar refractivity (Wildman–Crippen MR) is 263 cm³/mol. The fourth-order valence-corrected chi connectivity index (χ4v) is 8.04. The highest BCUT2D eigenvalue weighted by molar-refractivity contribution is 5.98. The number of hydrogen-bond donors (Lipinski definition) is 13. The van der Waals surface area contributed by atoms with Gasteiger partial charge in [0.25, 0.3) is 0 Å². The number of nitrogens with zero attached hydrogens (tertiary/aromatic N) is 2. The minimum absolute atomic E-state index is 0.0495. The van der Waals surface area contributed by atoms with E-state index in [1.54, 1.807) is 44.2 Å². The molecule has 1 aliphatic rings. The molecule has 1 aromatic carbocycles. The molecule has 404 valence electrons. The number of carbonyl (C=O) groups excluding carboxylic acids is 9. The van der Waals surface area contributed by atoms with E-state index >= 15 is 0 Å². The number of hydrogen-bond acceptors (Lipinski definition) is 14. The van der Waals surface area contributed by atoms with Crippen molar-refractivity contribution in [3.63, 3.8) is 0 Å². The Morgan fingerprint density at radius 3 is 1.82 bits per heavy atom. The van der Waals surface area contributed by atoms with E-state index in [4.69, 9.17) is 11.5 Å². The summed E-state index contributed by atoms with van der Waals surface area (Å²) >= 11 is 0. The average Bonchev–Trinajstić information content (AvgIpc) is 4.03. The van der Waals surface area contributed by atoms with Crippen LogP contribution in [0.1, 0.15) is 98.2 Å². The van der Waals surface area contributed by atoms with Gasteiger partial charge in [-0.3, -0.25) is 43.2 Å². The minimum atomic E-state index is -1.72. The summed E-state index contributed by atoms with van der Waals surface area (Å²) in [6.45, 7) is 11.0.